The molecule has 3 heterocycles. The van der Waals surface area contributed by atoms with E-state index >= 15 is 0 Å². The Morgan fingerprint density at radius 1 is 0.508 bits per heavy atom. The van der Waals surface area contributed by atoms with Crippen molar-refractivity contribution in [3.8, 4) is 0 Å². The van der Waals surface area contributed by atoms with Crippen LogP contribution in [0.1, 0.15) is 149 Å². The number of amides is 9. The molecule has 0 spiro atoms. The second-order valence-corrected chi connectivity index (χ2v) is 28.8. The van der Waals surface area contributed by atoms with Crippen molar-refractivity contribution in [2.24, 2.45) is 17.2 Å². The average Bonchev–Trinajstić information content (AvgIpc) is 1.64. The van der Waals surface area contributed by atoms with Gasteiger partial charge in [-0.1, -0.05) is 104 Å². The Morgan fingerprint density at radius 2 is 0.828 bits per heavy atom. The van der Waals surface area contributed by atoms with Crippen LogP contribution < -0.4 is 62.7 Å². The number of carboxylic acid groups (broad SMARTS) is 1. The summed E-state index contributed by atoms with van der Waals surface area (Å²) in [5.41, 5.74) is 17.5. The minimum absolute atomic E-state index is 0. The van der Waals surface area contributed by atoms with Gasteiger partial charge in [0, 0.05) is 97.5 Å². The molecule has 3 aromatic heterocycles. The summed E-state index contributed by atoms with van der Waals surface area (Å²) >= 11 is 22.0. The Kier molecular flexibility index (Phi) is 38.3. The van der Waals surface area contributed by atoms with Gasteiger partial charge in [-0.2, -0.15) is 15.3 Å². The first-order valence-corrected chi connectivity index (χ1v) is 39.1. The van der Waals surface area contributed by atoms with Crippen LogP contribution in [0.25, 0.3) is 32.7 Å². The van der Waals surface area contributed by atoms with E-state index in [0.717, 1.165) is 32.6 Å². The third-order valence-electron chi connectivity index (χ3n) is 18.8. The summed E-state index contributed by atoms with van der Waals surface area (Å²) in [4.78, 5) is 164. The number of aromatic carboxylic acids is 1. The van der Waals surface area contributed by atoms with Gasteiger partial charge < -0.3 is 73.9 Å². The molecule has 0 unspecified atom stereocenters. The topological polar surface area (TPSA) is 461 Å². The van der Waals surface area contributed by atoms with Crippen molar-refractivity contribution >= 4 is 164 Å². The number of aliphatic hydroxyl groups excluding tert-OH is 1. The van der Waals surface area contributed by atoms with Gasteiger partial charge in [0.05, 0.1) is 75.6 Å². The van der Waals surface area contributed by atoms with Crippen LogP contribution >= 0.6 is 46.4 Å². The molecule has 3 aliphatic rings. The fourth-order valence-electron chi connectivity index (χ4n) is 12.2. The van der Waals surface area contributed by atoms with Gasteiger partial charge in [0.15, 0.2) is 17.1 Å². The first-order chi connectivity index (χ1) is 57.1. The number of hydrogen-bond acceptors (Lipinski definition) is 20. The molecule has 3 radical (unpaired) electrons. The van der Waals surface area contributed by atoms with Crippen molar-refractivity contribution in [1.29, 1.82) is 0 Å². The molecule has 0 aliphatic heterocycles. The van der Waals surface area contributed by atoms with Crippen LogP contribution in [0.2, 0.25) is 15.1 Å². The number of benzene rings is 6. The Hall–Kier alpha value is -11.0. The van der Waals surface area contributed by atoms with Gasteiger partial charge in [0.2, 0.25) is 35.4 Å². The molecule has 3 aliphatic carbocycles. The fourth-order valence-corrected chi connectivity index (χ4v) is 12.8. The summed E-state index contributed by atoms with van der Waals surface area (Å²) in [7, 11) is 0. The minimum Gasteiger partial charge on any atom is -1.00 e. The van der Waals surface area contributed by atoms with Crippen LogP contribution in [-0.4, -0.2) is 208 Å². The summed E-state index contributed by atoms with van der Waals surface area (Å²) < 4.78 is 54.8. The molecule has 0 saturated heterocycles. The van der Waals surface area contributed by atoms with Crippen molar-refractivity contribution < 1.29 is 126 Å². The quantitative estimate of drug-likeness (QED) is 0.0122. The standard InChI is InChI=1S/C25H23ClFN5O6.C23H21ClFN5O5.C23H23ClFN5O4.C6H15N.C3H5ClO2.B.Na.H/c1-13(33)38-25(37)14-5-8-17-19(9-14)32(30-23(17)24(28)36)12-21(35)31(16-6-7-16)11-20(34)29-10-15-3-2-4-18(26)22(15)27;24-16-3-1-2-13(20(16)25)9-27-18(31)10-29(14-5-6-14)19(32)11-30-17-8-12(23(34)35)4-7-15(17)21(28-30)22(26)33;24-17-3-1-2-14(21(17)25)9-27-19(32)10-29(15-5-6-15)20(33)11-30-18-8-13(12-31)4-7-16(18)22(28-30)23(26)34;1-4-7(5-2)6-3;1-2-6-3(4)5;;;/h2-5,8-9,16H,6-7,10-12H2,1H3,(H2,28,36)(H,29,34);1-4,7-8,14H,5-6,9-11H2,(H2,26,33)(H,27,31)(H,34,35);1-4,7-8,15,31H,5-6,9-12H2,(H2,26,34)(H,27,32);4-6H2,1-3H3;2H2,1H3;;;/q;;;;;;+1;-1. The zero-order valence-electron chi connectivity index (χ0n) is 68.2. The number of hydrogen-bond donors (Lipinski definition) is 8. The van der Waals surface area contributed by atoms with E-state index in [1.807, 2.05) is 0 Å². The number of esters is 2. The Labute approximate surface area is 742 Å². The van der Waals surface area contributed by atoms with Crippen molar-refractivity contribution in [2.75, 3.05) is 45.9 Å². The fraction of sp³-hybridized carbons (Fsp3) is 0.350. The first-order valence-electron chi connectivity index (χ1n) is 37.6. The number of carboxylic acids is 1. The molecule has 6 aromatic carbocycles. The van der Waals surface area contributed by atoms with Crippen molar-refractivity contribution in [2.45, 2.75) is 137 Å². The molecule has 122 heavy (non-hydrogen) atoms. The van der Waals surface area contributed by atoms with E-state index in [9.17, 15) is 85.7 Å². The Bertz CT molecular complexity index is 5380. The molecule has 643 valence electrons. The molecule has 42 heteroatoms. The molecule has 12 rings (SSSR count). The summed E-state index contributed by atoms with van der Waals surface area (Å²) in [6.07, 6.45) is 4.38. The predicted molar refractivity (Wildman–Crippen MR) is 441 cm³/mol. The number of primary amides is 3. The smallest absolute Gasteiger partial charge is 1.00 e. The number of rotatable bonds is 31. The number of fused-ring (bicyclic) bond motifs is 3. The van der Waals surface area contributed by atoms with Crippen molar-refractivity contribution in [3.63, 3.8) is 0 Å². The number of nitrogens with zero attached hydrogens (tertiary/aromatic N) is 10. The molecule has 3 fully saturated rings. The van der Waals surface area contributed by atoms with Crippen LogP contribution in [0.3, 0.4) is 0 Å². The van der Waals surface area contributed by atoms with E-state index in [0.29, 0.717) is 46.7 Å². The normalized spacial score (nSPS) is 12.3. The van der Waals surface area contributed by atoms with Crippen LogP contribution in [0.5, 0.6) is 0 Å². The maximum absolute atomic E-state index is 14.1. The van der Waals surface area contributed by atoms with Gasteiger partial charge in [-0.25, -0.2) is 27.6 Å². The van der Waals surface area contributed by atoms with E-state index in [2.05, 4.69) is 66.4 Å². The maximum Gasteiger partial charge on any atom is 1.00 e. The number of nitrogens with two attached hydrogens (primary N) is 3. The second kappa shape index (κ2) is 46.8. The third-order valence-corrected chi connectivity index (χ3v) is 19.7. The van der Waals surface area contributed by atoms with Gasteiger partial charge in [-0.15, -0.1) is 0 Å². The van der Waals surface area contributed by atoms with Crippen molar-refractivity contribution in [1.82, 2.24) is 64.9 Å². The van der Waals surface area contributed by atoms with E-state index in [1.165, 1.54) is 121 Å². The van der Waals surface area contributed by atoms with Gasteiger partial charge in [-0.3, -0.25) is 62.0 Å². The number of aliphatic hydroxyl groups is 1. The number of nitrogens with one attached hydrogen (secondary N) is 3. The third kappa shape index (κ3) is 28.0. The first kappa shape index (κ1) is 99.8. The molecule has 3 saturated carbocycles. The number of carbonyl (C=O) groups is 13. The van der Waals surface area contributed by atoms with Gasteiger partial charge in [-0.05, 0) is 131 Å². The number of aromatic nitrogens is 6. The zero-order chi connectivity index (χ0) is 87.9. The van der Waals surface area contributed by atoms with E-state index in [-0.39, 0.29) is 200 Å². The molecular weight excluding hydrogens is 1690 g/mol. The minimum atomic E-state index is -1.18. The zero-order valence-corrected chi connectivity index (χ0v) is 72.2. The number of carbonyl (C=O) groups excluding carboxylic acids is 12. The summed E-state index contributed by atoms with van der Waals surface area (Å²) in [6, 6.07) is 26.1. The van der Waals surface area contributed by atoms with Crippen LogP contribution in [-0.2, 0) is 88.9 Å². The number of ether oxygens (including phenoxy) is 2. The van der Waals surface area contributed by atoms with Gasteiger partial charge in [0.25, 0.3) is 17.7 Å². The maximum atomic E-state index is 14.1. The summed E-state index contributed by atoms with van der Waals surface area (Å²) in [5, 5.41) is 39.9. The van der Waals surface area contributed by atoms with Crippen LogP contribution in [0.4, 0.5) is 18.0 Å². The van der Waals surface area contributed by atoms with Crippen LogP contribution in [0, 0.1) is 17.5 Å². The second-order valence-electron chi connectivity index (χ2n) is 27.3. The molecule has 0 atom stereocenters. The monoisotopic (exact) mass is 1780 g/mol. The van der Waals surface area contributed by atoms with Crippen molar-refractivity contribution in [3.05, 3.63) is 192 Å². The Balaban J connectivity index is 0.000000301. The summed E-state index contributed by atoms with van der Waals surface area (Å²) in [6.45, 7) is 11.1. The molecule has 9 amide bonds. The summed E-state index contributed by atoms with van der Waals surface area (Å²) in [5.74, 6) is -9.84. The molecule has 9 aromatic rings. The molecule has 11 N–H and O–H groups in total. The molecule has 0 bridgehead atoms. The van der Waals surface area contributed by atoms with Gasteiger partial charge >= 0.3 is 52.9 Å². The Morgan fingerprint density at radius 3 is 1.10 bits per heavy atom. The molecule has 33 nitrogen and oxygen atoms in total. The van der Waals surface area contributed by atoms with E-state index in [4.69, 9.17) is 63.6 Å². The van der Waals surface area contributed by atoms with Crippen LogP contribution in [0.15, 0.2) is 109 Å². The van der Waals surface area contributed by atoms with Gasteiger partial charge in [0.1, 0.15) is 37.1 Å². The van der Waals surface area contributed by atoms with E-state index in [1.54, 1.807) is 43.3 Å². The van der Waals surface area contributed by atoms with E-state index < -0.39 is 88.0 Å². The predicted octanol–water partition coefficient (Wildman–Crippen LogP) is 5.06. The SMILES string of the molecule is CC(=O)OC(=O)c1ccc2c(C(N)=O)nn(CC(=O)N(CC(=O)NCc3cccc(Cl)c3F)C3CC3)c2c1.CCN(CC)CC.CCOC(=O)Cl.NC(=O)c1nn(CC(=O)N(CC(=O)NCc2cccc(Cl)c2F)C2CC2)c2cc(C(=O)O)ccc12.NC(=O)c1nn(CC(=O)N(CC(=O)NCc2cccc(Cl)c2F)C2CC2)c2cc(CO)ccc12.[B].[H-].[Na+]. The molecular formula is C80H88BCl4F3N16NaO17. The average molecular weight is 1780 g/mol. The number of halogens is 7. The largest absolute Gasteiger partial charge is 1.00 e.